The van der Waals surface area contributed by atoms with Gasteiger partial charge in [0, 0.05) is 5.92 Å². The molecule has 0 spiro atoms. The van der Waals surface area contributed by atoms with Crippen LogP contribution in [0.2, 0.25) is 0 Å². The zero-order valence-electron chi connectivity index (χ0n) is 8.97. The summed E-state index contributed by atoms with van der Waals surface area (Å²) >= 11 is 0. The molecule has 0 aromatic carbocycles. The SMILES string of the molecule is CC1=C(OS(=O)(=O)C(F)(F)F)C(C)CCC1. The fourth-order valence-electron chi connectivity index (χ4n) is 1.67. The van der Waals surface area contributed by atoms with Crippen molar-refractivity contribution >= 4 is 10.1 Å². The summed E-state index contributed by atoms with van der Waals surface area (Å²) < 4.78 is 62.2. The van der Waals surface area contributed by atoms with E-state index in [0.717, 1.165) is 6.42 Å². The molecule has 0 bridgehead atoms. The molecule has 0 heterocycles. The molecule has 0 fully saturated rings. The average molecular weight is 258 g/mol. The Bertz CT molecular complexity index is 395. The van der Waals surface area contributed by atoms with Gasteiger partial charge >= 0.3 is 15.6 Å². The molecule has 0 aliphatic heterocycles. The fourth-order valence-corrected chi connectivity index (χ4v) is 2.30. The molecule has 0 amide bonds. The second kappa shape index (κ2) is 4.27. The van der Waals surface area contributed by atoms with Crippen molar-refractivity contribution in [2.75, 3.05) is 0 Å². The van der Waals surface area contributed by atoms with E-state index in [0.29, 0.717) is 18.4 Å². The third-order valence-corrected chi connectivity index (χ3v) is 3.51. The summed E-state index contributed by atoms with van der Waals surface area (Å²) in [6.45, 7) is 3.25. The van der Waals surface area contributed by atoms with Gasteiger partial charge in [0.1, 0.15) is 5.76 Å². The summed E-state index contributed by atoms with van der Waals surface area (Å²) in [4.78, 5) is 0. The highest BCUT2D eigenvalue weighted by molar-refractivity contribution is 7.87. The van der Waals surface area contributed by atoms with Crippen LogP contribution in [0.5, 0.6) is 0 Å². The Kier molecular flexibility index (Phi) is 3.56. The molecule has 0 aromatic heterocycles. The molecule has 7 heteroatoms. The van der Waals surface area contributed by atoms with Gasteiger partial charge in [0.15, 0.2) is 0 Å². The lowest BCUT2D eigenvalue weighted by molar-refractivity contribution is -0.0528. The van der Waals surface area contributed by atoms with Crippen LogP contribution in [0.15, 0.2) is 11.3 Å². The van der Waals surface area contributed by atoms with Gasteiger partial charge in [-0.15, -0.1) is 0 Å². The summed E-state index contributed by atoms with van der Waals surface area (Å²) in [6, 6.07) is 0. The lowest BCUT2D eigenvalue weighted by Crippen LogP contribution is -2.27. The van der Waals surface area contributed by atoms with Gasteiger partial charge in [0.2, 0.25) is 0 Å². The van der Waals surface area contributed by atoms with Crippen molar-refractivity contribution in [1.29, 1.82) is 0 Å². The van der Waals surface area contributed by atoms with E-state index in [2.05, 4.69) is 4.18 Å². The normalized spacial score (nSPS) is 23.4. The monoisotopic (exact) mass is 258 g/mol. The zero-order chi connectivity index (χ0) is 12.6. The van der Waals surface area contributed by atoms with Crippen molar-refractivity contribution < 1.29 is 25.8 Å². The zero-order valence-corrected chi connectivity index (χ0v) is 9.78. The number of halogens is 3. The molecule has 3 nitrogen and oxygen atoms in total. The molecule has 0 saturated carbocycles. The molecule has 0 aromatic rings. The van der Waals surface area contributed by atoms with Gasteiger partial charge in [-0.1, -0.05) is 6.92 Å². The standard InChI is InChI=1S/C9H13F3O3S/c1-6-4-3-5-7(2)8(6)15-16(13,14)9(10,11)12/h6H,3-5H2,1-2H3. The maximum Gasteiger partial charge on any atom is 0.534 e. The molecule has 1 aliphatic carbocycles. The Hall–Kier alpha value is -0.720. The second-order valence-corrected chi connectivity index (χ2v) is 5.46. The summed E-state index contributed by atoms with van der Waals surface area (Å²) in [5.41, 5.74) is -4.79. The molecular weight excluding hydrogens is 245 g/mol. The molecule has 16 heavy (non-hydrogen) atoms. The maximum absolute atomic E-state index is 12.1. The number of hydrogen-bond donors (Lipinski definition) is 0. The highest BCUT2D eigenvalue weighted by atomic mass is 32.2. The van der Waals surface area contributed by atoms with Gasteiger partial charge in [0.25, 0.3) is 0 Å². The van der Waals surface area contributed by atoms with Crippen molar-refractivity contribution in [2.24, 2.45) is 5.92 Å². The summed E-state index contributed by atoms with van der Waals surface area (Å²) in [7, 11) is -5.52. The van der Waals surface area contributed by atoms with Crippen molar-refractivity contribution in [2.45, 2.75) is 38.6 Å². The van der Waals surface area contributed by atoms with Gasteiger partial charge < -0.3 is 4.18 Å². The van der Waals surface area contributed by atoms with E-state index in [1.165, 1.54) is 0 Å². The van der Waals surface area contributed by atoms with E-state index >= 15 is 0 Å². The Labute approximate surface area is 92.4 Å². The van der Waals surface area contributed by atoms with Gasteiger partial charge in [-0.25, -0.2) is 0 Å². The summed E-state index contributed by atoms with van der Waals surface area (Å²) in [5.74, 6) is -0.338. The first-order valence-corrected chi connectivity index (χ1v) is 6.26. The van der Waals surface area contributed by atoms with Crippen molar-refractivity contribution in [3.05, 3.63) is 11.3 Å². The van der Waals surface area contributed by atoms with Crippen LogP contribution in [-0.2, 0) is 14.3 Å². The summed E-state index contributed by atoms with van der Waals surface area (Å²) in [5, 5.41) is 0. The Morgan fingerprint density at radius 1 is 1.38 bits per heavy atom. The minimum atomic E-state index is -5.52. The third-order valence-electron chi connectivity index (χ3n) is 2.54. The molecule has 1 rings (SSSR count). The van der Waals surface area contributed by atoms with Crippen molar-refractivity contribution in [3.63, 3.8) is 0 Å². The Balaban J connectivity index is 2.97. The highest BCUT2D eigenvalue weighted by Gasteiger charge is 2.49. The molecule has 0 saturated heterocycles. The van der Waals surface area contributed by atoms with Gasteiger partial charge in [-0.05, 0) is 31.8 Å². The molecular formula is C9H13F3O3S. The lowest BCUT2D eigenvalue weighted by Gasteiger charge is -2.24. The first kappa shape index (κ1) is 13.3. The quantitative estimate of drug-likeness (QED) is 0.565. The predicted octanol–water partition coefficient (Wildman–Crippen LogP) is 2.95. The van der Waals surface area contributed by atoms with Crippen LogP contribution in [-0.4, -0.2) is 13.9 Å². The van der Waals surface area contributed by atoms with E-state index in [9.17, 15) is 21.6 Å². The first-order chi connectivity index (χ1) is 7.15. The van der Waals surface area contributed by atoms with Gasteiger partial charge in [-0.3, -0.25) is 0 Å². The highest BCUT2D eigenvalue weighted by Crippen LogP contribution is 2.35. The van der Waals surface area contributed by atoms with Crippen molar-refractivity contribution in [1.82, 2.24) is 0 Å². The largest absolute Gasteiger partial charge is 0.534 e. The Morgan fingerprint density at radius 3 is 2.38 bits per heavy atom. The minimum Gasteiger partial charge on any atom is -0.380 e. The molecule has 1 unspecified atom stereocenters. The lowest BCUT2D eigenvalue weighted by atomic mass is 9.91. The van der Waals surface area contributed by atoms with E-state index in [1.807, 2.05) is 0 Å². The maximum atomic E-state index is 12.1. The minimum absolute atomic E-state index is 0.0522. The third kappa shape index (κ3) is 2.69. The smallest absolute Gasteiger partial charge is 0.380 e. The van der Waals surface area contributed by atoms with Gasteiger partial charge in [0.05, 0.1) is 0 Å². The second-order valence-electron chi connectivity index (χ2n) is 3.92. The Morgan fingerprint density at radius 2 is 1.94 bits per heavy atom. The molecule has 1 aliphatic rings. The van der Waals surface area contributed by atoms with Crippen LogP contribution in [0, 0.1) is 5.92 Å². The van der Waals surface area contributed by atoms with Crippen LogP contribution in [0.4, 0.5) is 13.2 Å². The fraction of sp³-hybridized carbons (Fsp3) is 0.778. The van der Waals surface area contributed by atoms with Gasteiger partial charge in [-0.2, -0.15) is 21.6 Å². The van der Waals surface area contributed by atoms with Crippen LogP contribution in [0.25, 0.3) is 0 Å². The van der Waals surface area contributed by atoms with Crippen LogP contribution in [0.3, 0.4) is 0 Å². The van der Waals surface area contributed by atoms with E-state index in [4.69, 9.17) is 0 Å². The van der Waals surface area contributed by atoms with Crippen LogP contribution >= 0.6 is 0 Å². The summed E-state index contributed by atoms with van der Waals surface area (Å²) in [6.07, 6.45) is 2.05. The topological polar surface area (TPSA) is 43.4 Å². The molecule has 0 N–H and O–H groups in total. The van der Waals surface area contributed by atoms with E-state index in [-0.39, 0.29) is 11.7 Å². The number of hydrogen-bond acceptors (Lipinski definition) is 3. The predicted molar refractivity (Wildman–Crippen MR) is 51.8 cm³/mol. The van der Waals surface area contributed by atoms with Crippen LogP contribution in [0.1, 0.15) is 33.1 Å². The number of rotatable bonds is 2. The first-order valence-electron chi connectivity index (χ1n) is 4.85. The van der Waals surface area contributed by atoms with E-state index in [1.54, 1.807) is 13.8 Å². The van der Waals surface area contributed by atoms with Crippen LogP contribution < -0.4 is 0 Å². The molecule has 94 valence electrons. The number of allylic oxidation sites excluding steroid dienone is 2. The van der Waals surface area contributed by atoms with Crippen molar-refractivity contribution in [3.8, 4) is 0 Å². The van der Waals surface area contributed by atoms with E-state index < -0.39 is 15.6 Å². The number of alkyl halides is 3. The molecule has 0 radical (unpaired) electrons. The molecule has 1 atom stereocenters. The average Bonchev–Trinajstić information content (AvgIpc) is 2.10.